The van der Waals surface area contributed by atoms with Crippen molar-refractivity contribution in [3.05, 3.63) is 73.4 Å². The van der Waals surface area contributed by atoms with Crippen LogP contribution in [0.25, 0.3) is 21.8 Å². The van der Waals surface area contributed by atoms with E-state index in [1.807, 2.05) is 31.2 Å². The highest BCUT2D eigenvalue weighted by molar-refractivity contribution is 14.1. The molecule has 0 spiro atoms. The Balaban J connectivity index is 1.50. The number of hydrazone groups is 1. The minimum Gasteiger partial charge on any atom is -0.493 e. The van der Waals surface area contributed by atoms with E-state index in [1.54, 1.807) is 6.21 Å². The molecular formula is C24H21I2N3O2. The van der Waals surface area contributed by atoms with Gasteiger partial charge in [-0.15, -0.1) is 0 Å². The summed E-state index contributed by atoms with van der Waals surface area (Å²) in [6.07, 6.45) is 1.95. The molecule has 0 fully saturated rings. The summed E-state index contributed by atoms with van der Waals surface area (Å²) in [5.41, 5.74) is 5.74. The van der Waals surface area contributed by atoms with E-state index in [-0.39, 0.29) is 5.91 Å². The molecule has 0 atom stereocenters. The van der Waals surface area contributed by atoms with Crippen LogP contribution in [0.2, 0.25) is 0 Å². The molecule has 7 heteroatoms. The number of ether oxygens (including phenoxy) is 1. The Hall–Kier alpha value is -2.14. The van der Waals surface area contributed by atoms with Crippen LogP contribution >= 0.6 is 45.2 Å². The number of hydrogen-bond acceptors (Lipinski definition) is 3. The number of nitrogens with one attached hydrogen (secondary N) is 1. The molecule has 1 aromatic heterocycles. The second kappa shape index (κ2) is 9.99. The summed E-state index contributed by atoms with van der Waals surface area (Å²) in [4.78, 5) is 12.4. The molecule has 0 bridgehead atoms. The van der Waals surface area contributed by atoms with Gasteiger partial charge in [0.2, 0.25) is 5.91 Å². The average molecular weight is 637 g/mol. The Labute approximate surface area is 208 Å². The molecule has 1 heterocycles. The standard InChI is InChI=1S/C24H21I2N3O2/c1-2-31-23-6-4-3-5-16(23)15-27-28-24(30)11-12-29-21-9-7-17(25)13-19(21)20-14-18(26)8-10-22(20)29/h3-10,13-15H,2,11-12H2,1H3,(H,28,30). The normalized spacial score (nSPS) is 11.5. The Morgan fingerprint density at radius 2 is 1.68 bits per heavy atom. The van der Waals surface area contributed by atoms with Crippen LogP contribution in [0, 0.1) is 7.14 Å². The highest BCUT2D eigenvalue weighted by Gasteiger charge is 2.12. The number of aryl methyl sites for hydroxylation is 1. The molecular weight excluding hydrogens is 616 g/mol. The number of fused-ring (bicyclic) bond motifs is 3. The maximum atomic E-state index is 12.4. The summed E-state index contributed by atoms with van der Waals surface area (Å²) < 4.78 is 10.2. The second-order valence-electron chi connectivity index (χ2n) is 6.99. The zero-order valence-electron chi connectivity index (χ0n) is 16.9. The van der Waals surface area contributed by atoms with Gasteiger partial charge in [-0.05, 0) is 101 Å². The van der Waals surface area contributed by atoms with Gasteiger partial charge >= 0.3 is 0 Å². The van der Waals surface area contributed by atoms with Gasteiger partial charge in [-0.2, -0.15) is 5.10 Å². The molecule has 0 unspecified atom stereocenters. The third-order valence-electron chi connectivity index (χ3n) is 4.96. The monoisotopic (exact) mass is 637 g/mol. The summed E-state index contributed by atoms with van der Waals surface area (Å²) >= 11 is 4.68. The van der Waals surface area contributed by atoms with Gasteiger partial charge in [0.15, 0.2) is 0 Å². The van der Waals surface area contributed by atoms with Crippen molar-refractivity contribution in [3.8, 4) is 5.75 Å². The van der Waals surface area contributed by atoms with Crippen LogP contribution in [0.1, 0.15) is 18.9 Å². The summed E-state index contributed by atoms with van der Waals surface area (Å²) in [6, 6.07) is 20.5. The lowest BCUT2D eigenvalue weighted by Gasteiger charge is -2.08. The third-order valence-corrected chi connectivity index (χ3v) is 6.31. The van der Waals surface area contributed by atoms with Crippen LogP contribution in [0.5, 0.6) is 5.75 Å². The number of benzene rings is 3. The van der Waals surface area contributed by atoms with E-state index in [2.05, 4.69) is 96.7 Å². The molecule has 3 aromatic carbocycles. The third kappa shape index (κ3) is 5.03. The Kier molecular flexibility index (Phi) is 7.11. The van der Waals surface area contributed by atoms with Crippen LogP contribution < -0.4 is 10.2 Å². The molecule has 4 rings (SSSR count). The molecule has 5 nitrogen and oxygen atoms in total. The maximum absolute atomic E-state index is 12.4. The lowest BCUT2D eigenvalue weighted by molar-refractivity contribution is -0.121. The number of rotatable bonds is 7. The summed E-state index contributed by atoms with van der Waals surface area (Å²) in [6.45, 7) is 3.10. The highest BCUT2D eigenvalue weighted by Crippen LogP contribution is 2.31. The van der Waals surface area contributed by atoms with Gasteiger partial charge in [0.1, 0.15) is 5.75 Å². The fourth-order valence-corrected chi connectivity index (χ4v) is 4.59. The second-order valence-corrected chi connectivity index (χ2v) is 9.48. The molecule has 4 aromatic rings. The molecule has 158 valence electrons. The zero-order valence-corrected chi connectivity index (χ0v) is 21.3. The number of amides is 1. The lowest BCUT2D eigenvalue weighted by atomic mass is 10.2. The van der Waals surface area contributed by atoms with Crippen LogP contribution in [0.15, 0.2) is 65.8 Å². The fourth-order valence-electron chi connectivity index (χ4n) is 3.61. The fraction of sp³-hybridized carbons (Fsp3) is 0.167. The number of hydrogen-bond donors (Lipinski definition) is 1. The predicted molar refractivity (Wildman–Crippen MR) is 143 cm³/mol. The maximum Gasteiger partial charge on any atom is 0.241 e. The van der Waals surface area contributed by atoms with E-state index in [0.717, 1.165) is 22.3 Å². The average Bonchev–Trinajstić information content (AvgIpc) is 3.05. The Morgan fingerprint density at radius 1 is 1.03 bits per heavy atom. The first-order valence-electron chi connectivity index (χ1n) is 9.97. The number of nitrogens with zero attached hydrogens (tertiary/aromatic N) is 2. The topological polar surface area (TPSA) is 55.6 Å². The van der Waals surface area contributed by atoms with E-state index in [0.29, 0.717) is 19.6 Å². The quantitative estimate of drug-likeness (QED) is 0.155. The zero-order chi connectivity index (χ0) is 21.8. The lowest BCUT2D eigenvalue weighted by Crippen LogP contribution is -2.19. The van der Waals surface area contributed by atoms with E-state index < -0.39 is 0 Å². The van der Waals surface area contributed by atoms with Crippen molar-refractivity contribution in [2.75, 3.05) is 6.61 Å². The molecule has 0 saturated carbocycles. The highest BCUT2D eigenvalue weighted by atomic mass is 127. The van der Waals surface area contributed by atoms with Gasteiger partial charge in [-0.25, -0.2) is 5.43 Å². The first-order chi connectivity index (χ1) is 15.1. The Morgan fingerprint density at radius 3 is 2.32 bits per heavy atom. The number of para-hydroxylation sites is 1. The van der Waals surface area contributed by atoms with Crippen LogP contribution in [0.3, 0.4) is 0 Å². The minimum atomic E-state index is -0.129. The molecule has 0 aliphatic rings. The van der Waals surface area contributed by atoms with E-state index in [9.17, 15) is 4.79 Å². The number of carbonyl (C=O) groups is 1. The first kappa shape index (κ1) is 22.1. The van der Waals surface area contributed by atoms with Gasteiger partial charge in [0.25, 0.3) is 0 Å². The van der Waals surface area contributed by atoms with Crippen molar-refractivity contribution in [3.63, 3.8) is 0 Å². The largest absolute Gasteiger partial charge is 0.493 e. The van der Waals surface area contributed by atoms with Crippen molar-refractivity contribution in [1.29, 1.82) is 0 Å². The molecule has 0 radical (unpaired) electrons. The predicted octanol–water partition coefficient (Wildman–Crippen LogP) is 5.94. The van der Waals surface area contributed by atoms with Gasteiger partial charge < -0.3 is 9.30 Å². The molecule has 0 aliphatic carbocycles. The smallest absolute Gasteiger partial charge is 0.241 e. The van der Waals surface area contributed by atoms with E-state index in [4.69, 9.17) is 4.74 Å². The minimum absolute atomic E-state index is 0.129. The van der Waals surface area contributed by atoms with Gasteiger partial charge in [-0.1, -0.05) is 12.1 Å². The molecule has 0 aliphatic heterocycles. The van der Waals surface area contributed by atoms with Gasteiger partial charge in [-0.3, -0.25) is 4.79 Å². The Bertz CT molecular complexity index is 1220. The molecule has 31 heavy (non-hydrogen) atoms. The number of aromatic nitrogens is 1. The van der Waals surface area contributed by atoms with E-state index >= 15 is 0 Å². The summed E-state index contributed by atoms with van der Waals surface area (Å²) in [5.74, 6) is 0.619. The molecule has 0 saturated heterocycles. The van der Waals surface area contributed by atoms with E-state index in [1.165, 1.54) is 17.9 Å². The van der Waals surface area contributed by atoms with Crippen LogP contribution in [-0.4, -0.2) is 23.3 Å². The number of halogens is 2. The van der Waals surface area contributed by atoms with Crippen molar-refractivity contribution < 1.29 is 9.53 Å². The summed E-state index contributed by atoms with van der Waals surface area (Å²) in [5, 5.41) is 6.54. The van der Waals surface area contributed by atoms with Crippen molar-refractivity contribution in [2.24, 2.45) is 5.10 Å². The van der Waals surface area contributed by atoms with Crippen molar-refractivity contribution >= 4 is 79.1 Å². The SMILES string of the molecule is CCOc1ccccc1C=NNC(=O)CCn1c2ccc(I)cc2c2cc(I)ccc21. The van der Waals surface area contributed by atoms with Crippen molar-refractivity contribution in [1.82, 2.24) is 9.99 Å². The van der Waals surface area contributed by atoms with Gasteiger partial charge in [0, 0.05) is 47.5 Å². The van der Waals surface area contributed by atoms with Gasteiger partial charge in [0.05, 0.1) is 12.8 Å². The van der Waals surface area contributed by atoms with Crippen LogP contribution in [-0.2, 0) is 11.3 Å². The number of carbonyl (C=O) groups excluding carboxylic acids is 1. The first-order valence-corrected chi connectivity index (χ1v) is 12.1. The molecule has 1 amide bonds. The summed E-state index contributed by atoms with van der Waals surface area (Å²) in [7, 11) is 0. The molecule has 1 N–H and O–H groups in total. The van der Waals surface area contributed by atoms with Crippen molar-refractivity contribution in [2.45, 2.75) is 19.9 Å². The van der Waals surface area contributed by atoms with Crippen LogP contribution in [0.4, 0.5) is 0 Å².